The second-order valence-corrected chi connectivity index (χ2v) is 9.13. The quantitative estimate of drug-likeness (QED) is 0.726. The summed E-state index contributed by atoms with van der Waals surface area (Å²) >= 11 is 0. The zero-order valence-corrected chi connectivity index (χ0v) is 18.8. The second kappa shape index (κ2) is 9.33. The van der Waals surface area contributed by atoms with Crippen molar-refractivity contribution >= 4 is 22.5 Å². The van der Waals surface area contributed by atoms with E-state index < -0.39 is 0 Å². The lowest BCUT2D eigenvalue weighted by Gasteiger charge is -2.32. The summed E-state index contributed by atoms with van der Waals surface area (Å²) in [4.78, 5) is 15.4. The molecule has 6 nitrogen and oxygen atoms in total. The smallest absolute Gasteiger partial charge is 0.243 e. The average Bonchev–Trinajstić information content (AvgIpc) is 3.36. The number of nitrogens with zero attached hydrogens (tertiary/aromatic N) is 2. The minimum Gasteiger partial charge on any atom is -0.381 e. The van der Waals surface area contributed by atoms with Crippen LogP contribution in [0.15, 0.2) is 24.4 Å². The molecule has 0 aliphatic carbocycles. The van der Waals surface area contributed by atoms with Crippen LogP contribution in [-0.4, -0.2) is 56.0 Å². The lowest BCUT2D eigenvalue weighted by molar-refractivity contribution is -0.124. The van der Waals surface area contributed by atoms with Gasteiger partial charge in [-0.15, -0.1) is 6.42 Å². The molecule has 1 unspecified atom stereocenters. The molecule has 0 bridgehead atoms. The highest BCUT2D eigenvalue weighted by molar-refractivity contribution is 5.98. The van der Waals surface area contributed by atoms with Crippen LogP contribution in [0, 0.1) is 24.2 Å². The van der Waals surface area contributed by atoms with Gasteiger partial charge < -0.3 is 24.3 Å². The molecule has 1 fully saturated rings. The Balaban J connectivity index is 1.69. The number of aromatic nitrogens is 1. The van der Waals surface area contributed by atoms with E-state index in [0.717, 1.165) is 30.8 Å². The van der Waals surface area contributed by atoms with Crippen molar-refractivity contribution in [2.45, 2.75) is 45.3 Å². The van der Waals surface area contributed by atoms with E-state index in [4.69, 9.17) is 15.9 Å². The van der Waals surface area contributed by atoms with Crippen molar-refractivity contribution in [3.8, 4) is 12.3 Å². The number of likely N-dealkylation sites (N-methyl/N-ethyl adjacent to an activating group) is 1. The second-order valence-electron chi connectivity index (χ2n) is 9.13. The highest BCUT2D eigenvalue weighted by Gasteiger charge is 2.32. The van der Waals surface area contributed by atoms with Crippen LogP contribution in [-0.2, 0) is 27.2 Å². The Morgan fingerprint density at radius 2 is 2.19 bits per heavy atom. The number of anilines is 1. The van der Waals surface area contributed by atoms with Gasteiger partial charge in [-0.3, -0.25) is 4.79 Å². The van der Waals surface area contributed by atoms with Crippen molar-refractivity contribution < 1.29 is 14.3 Å². The first-order valence-electron chi connectivity index (χ1n) is 11.2. The molecule has 1 saturated heterocycles. The lowest BCUT2D eigenvalue weighted by atomic mass is 10.0. The third-order valence-electron chi connectivity index (χ3n) is 6.43. The Morgan fingerprint density at radius 1 is 1.35 bits per heavy atom. The van der Waals surface area contributed by atoms with Crippen LogP contribution in [0.25, 0.3) is 10.9 Å². The summed E-state index contributed by atoms with van der Waals surface area (Å²) in [6.07, 6.45) is 9.52. The van der Waals surface area contributed by atoms with Crippen LogP contribution in [0.2, 0.25) is 0 Å². The molecule has 31 heavy (non-hydrogen) atoms. The third kappa shape index (κ3) is 4.44. The van der Waals surface area contributed by atoms with E-state index in [1.54, 1.807) is 0 Å². The van der Waals surface area contributed by atoms with Crippen molar-refractivity contribution in [1.82, 2.24) is 9.88 Å². The molecular formula is C25H33N3O3. The highest BCUT2D eigenvalue weighted by atomic mass is 16.5. The zero-order chi connectivity index (χ0) is 22.0. The minimum atomic E-state index is -0.265. The van der Waals surface area contributed by atoms with Gasteiger partial charge in [0.05, 0.1) is 37.9 Å². The molecule has 3 atom stereocenters. The number of benzene rings is 1. The first-order valence-corrected chi connectivity index (χ1v) is 11.2. The van der Waals surface area contributed by atoms with Gasteiger partial charge in [-0.1, -0.05) is 25.8 Å². The Labute approximate surface area is 184 Å². The topological polar surface area (TPSA) is 55.7 Å². The SMILES string of the molecule is C#CCn1cc2c3c(cccc31)N(C)[C@@H](C(C)C)C(=O)N[C@H](COCC1CCOC1)C2. The molecule has 1 aromatic heterocycles. The number of carbonyl (C=O) groups is 1. The maximum Gasteiger partial charge on any atom is 0.243 e. The van der Waals surface area contributed by atoms with E-state index in [2.05, 4.69) is 52.9 Å². The fraction of sp³-hybridized carbons (Fsp3) is 0.560. The number of rotatable bonds is 6. The summed E-state index contributed by atoms with van der Waals surface area (Å²) in [5, 5.41) is 4.46. The molecule has 4 rings (SSSR count). The molecule has 1 amide bonds. The molecule has 1 aromatic carbocycles. The van der Waals surface area contributed by atoms with Gasteiger partial charge in [0.1, 0.15) is 6.04 Å². The summed E-state index contributed by atoms with van der Waals surface area (Å²) in [6, 6.07) is 5.89. The summed E-state index contributed by atoms with van der Waals surface area (Å²) in [6.45, 7) is 7.44. The monoisotopic (exact) mass is 423 g/mol. The molecule has 2 aliphatic heterocycles. The largest absolute Gasteiger partial charge is 0.381 e. The number of hydrogen-bond donors (Lipinski definition) is 1. The molecule has 1 N–H and O–H groups in total. The molecular weight excluding hydrogens is 390 g/mol. The van der Waals surface area contributed by atoms with Gasteiger partial charge >= 0.3 is 0 Å². The maximum absolute atomic E-state index is 13.3. The van der Waals surface area contributed by atoms with E-state index in [1.807, 2.05) is 13.1 Å². The summed E-state index contributed by atoms with van der Waals surface area (Å²) in [5.74, 6) is 3.42. The normalized spacial score (nSPS) is 24.0. The summed E-state index contributed by atoms with van der Waals surface area (Å²) in [5.41, 5.74) is 3.37. The molecule has 2 aromatic rings. The van der Waals surface area contributed by atoms with Gasteiger partial charge in [0, 0.05) is 36.8 Å². The maximum atomic E-state index is 13.3. The number of ether oxygens (including phenoxy) is 2. The van der Waals surface area contributed by atoms with E-state index >= 15 is 0 Å². The molecule has 0 radical (unpaired) electrons. The molecule has 2 aliphatic rings. The Kier molecular flexibility index (Phi) is 6.54. The third-order valence-corrected chi connectivity index (χ3v) is 6.43. The Hall–Kier alpha value is -2.49. The predicted molar refractivity (Wildman–Crippen MR) is 123 cm³/mol. The standard InChI is InChI=1S/C25H33N3O3/c1-5-10-28-13-19-12-20(16-31-15-18-9-11-30-14-18)26-25(29)24(17(2)3)27(4)21-7-6-8-22(28)23(19)21/h1,6-8,13,17-18,20,24H,9-12,14-16H2,2-4H3,(H,26,29)/t18?,20-,24-/m0/s1. The van der Waals surface area contributed by atoms with E-state index in [-0.39, 0.29) is 23.9 Å². The number of hydrogen-bond acceptors (Lipinski definition) is 4. The molecule has 6 heteroatoms. The van der Waals surface area contributed by atoms with Gasteiger partial charge in [0.25, 0.3) is 0 Å². The van der Waals surface area contributed by atoms with E-state index in [1.165, 1.54) is 10.9 Å². The molecule has 0 saturated carbocycles. The highest BCUT2D eigenvalue weighted by Crippen LogP contribution is 2.34. The number of amides is 1. The van der Waals surface area contributed by atoms with Crippen molar-refractivity contribution in [3.05, 3.63) is 30.0 Å². The molecule has 166 valence electrons. The van der Waals surface area contributed by atoms with Gasteiger partial charge in [0.2, 0.25) is 5.91 Å². The summed E-state index contributed by atoms with van der Waals surface area (Å²) < 4.78 is 13.6. The lowest BCUT2D eigenvalue weighted by Crippen LogP contribution is -2.52. The molecule has 3 heterocycles. The number of carbonyl (C=O) groups excluding carboxylic acids is 1. The van der Waals surface area contributed by atoms with Crippen molar-refractivity contribution in [3.63, 3.8) is 0 Å². The minimum absolute atomic E-state index is 0.0500. The van der Waals surface area contributed by atoms with Crippen LogP contribution < -0.4 is 10.2 Å². The number of terminal acetylenes is 1. The predicted octanol–water partition coefficient (Wildman–Crippen LogP) is 2.83. The number of nitrogens with one attached hydrogen (secondary N) is 1. The van der Waals surface area contributed by atoms with Crippen LogP contribution >= 0.6 is 0 Å². The fourth-order valence-electron chi connectivity index (χ4n) is 4.97. The van der Waals surface area contributed by atoms with Crippen LogP contribution in [0.3, 0.4) is 0 Å². The average molecular weight is 424 g/mol. The van der Waals surface area contributed by atoms with Crippen LogP contribution in [0.5, 0.6) is 0 Å². The van der Waals surface area contributed by atoms with Crippen LogP contribution in [0.1, 0.15) is 25.8 Å². The molecule has 0 spiro atoms. The van der Waals surface area contributed by atoms with Gasteiger partial charge in [-0.25, -0.2) is 0 Å². The first kappa shape index (κ1) is 21.7. The summed E-state index contributed by atoms with van der Waals surface area (Å²) in [7, 11) is 2.01. The first-order chi connectivity index (χ1) is 15.0. The van der Waals surface area contributed by atoms with Gasteiger partial charge in [0.15, 0.2) is 0 Å². The van der Waals surface area contributed by atoms with Crippen LogP contribution in [0.4, 0.5) is 5.69 Å². The Morgan fingerprint density at radius 3 is 2.90 bits per heavy atom. The van der Waals surface area contributed by atoms with Gasteiger partial charge in [-0.2, -0.15) is 0 Å². The Bertz CT molecular complexity index is 968. The zero-order valence-electron chi connectivity index (χ0n) is 18.8. The van der Waals surface area contributed by atoms with Gasteiger partial charge in [-0.05, 0) is 36.5 Å². The van der Waals surface area contributed by atoms with E-state index in [0.29, 0.717) is 32.1 Å². The fourth-order valence-corrected chi connectivity index (χ4v) is 4.97. The van der Waals surface area contributed by atoms with E-state index in [9.17, 15) is 4.79 Å². The van der Waals surface area contributed by atoms with Crippen molar-refractivity contribution in [2.75, 3.05) is 38.4 Å². The van der Waals surface area contributed by atoms with Crippen molar-refractivity contribution in [1.29, 1.82) is 0 Å². The van der Waals surface area contributed by atoms with Crippen molar-refractivity contribution in [2.24, 2.45) is 11.8 Å².